The molecule has 0 saturated carbocycles. The highest BCUT2D eigenvalue weighted by Gasteiger charge is 2.18. The highest BCUT2D eigenvalue weighted by atomic mass is 35.5. The zero-order valence-corrected chi connectivity index (χ0v) is 13.6. The number of carbonyl (C=O) groups is 1. The minimum absolute atomic E-state index is 0.271. The van der Waals surface area contributed by atoms with Gasteiger partial charge in [0, 0.05) is 16.4 Å². The lowest BCUT2D eigenvalue weighted by Gasteiger charge is -2.09. The molecule has 1 aliphatic carbocycles. The van der Waals surface area contributed by atoms with Gasteiger partial charge in [-0.05, 0) is 65.1 Å². The molecule has 0 spiro atoms. The number of anilines is 2. The van der Waals surface area contributed by atoms with Crippen LogP contribution in [0.1, 0.15) is 11.1 Å². The molecule has 4 rings (SSSR count). The molecule has 0 saturated heterocycles. The molecule has 2 amide bonds. The van der Waals surface area contributed by atoms with Gasteiger partial charge < -0.3 is 10.6 Å². The average Bonchev–Trinajstić information content (AvgIpc) is 2.94. The van der Waals surface area contributed by atoms with Crippen molar-refractivity contribution in [3.63, 3.8) is 0 Å². The Kier molecular flexibility index (Phi) is 3.71. The van der Waals surface area contributed by atoms with Crippen molar-refractivity contribution in [3.8, 4) is 11.1 Å². The summed E-state index contributed by atoms with van der Waals surface area (Å²) in [7, 11) is 0. The van der Waals surface area contributed by atoms with Crippen molar-refractivity contribution in [3.05, 3.63) is 82.9 Å². The smallest absolute Gasteiger partial charge is 0.308 e. The molecule has 0 heterocycles. The molecule has 4 heteroatoms. The highest BCUT2D eigenvalue weighted by Crippen LogP contribution is 2.37. The van der Waals surface area contributed by atoms with Gasteiger partial charge in [0.15, 0.2) is 0 Å². The van der Waals surface area contributed by atoms with E-state index in [1.165, 1.54) is 22.3 Å². The molecular formula is C20H15ClN2O. The van der Waals surface area contributed by atoms with Gasteiger partial charge in [0.25, 0.3) is 0 Å². The standard InChI is InChI=1S/C20H15ClN2O/c21-15-5-7-16(8-6-15)22-20(24)23-17-9-10-19-14(12-17)11-13-3-1-2-4-18(13)19/h1-10,12H,11H2,(H2,22,23,24). The Labute approximate surface area is 145 Å². The van der Waals surface area contributed by atoms with Crippen molar-refractivity contribution >= 4 is 29.0 Å². The summed E-state index contributed by atoms with van der Waals surface area (Å²) >= 11 is 5.84. The summed E-state index contributed by atoms with van der Waals surface area (Å²) < 4.78 is 0. The lowest BCUT2D eigenvalue weighted by molar-refractivity contribution is 0.262. The molecule has 118 valence electrons. The summed E-state index contributed by atoms with van der Waals surface area (Å²) in [5.74, 6) is 0. The van der Waals surface area contributed by atoms with Gasteiger partial charge in [0.2, 0.25) is 0 Å². The second-order valence-corrected chi connectivity index (χ2v) is 6.23. The van der Waals surface area contributed by atoms with Gasteiger partial charge in [-0.15, -0.1) is 0 Å². The number of amides is 2. The Morgan fingerprint density at radius 2 is 1.46 bits per heavy atom. The van der Waals surface area contributed by atoms with E-state index in [1.54, 1.807) is 24.3 Å². The molecule has 3 aromatic rings. The number of rotatable bonds is 2. The van der Waals surface area contributed by atoms with Gasteiger partial charge in [-0.2, -0.15) is 0 Å². The SMILES string of the molecule is O=C(Nc1ccc(Cl)cc1)Nc1ccc2c(c1)Cc1ccccc1-2. The maximum atomic E-state index is 12.1. The van der Waals surface area contributed by atoms with E-state index in [4.69, 9.17) is 11.6 Å². The Morgan fingerprint density at radius 3 is 2.29 bits per heavy atom. The fourth-order valence-electron chi connectivity index (χ4n) is 3.05. The summed E-state index contributed by atoms with van der Waals surface area (Å²) in [4.78, 5) is 12.1. The largest absolute Gasteiger partial charge is 0.323 e. The second kappa shape index (κ2) is 6.02. The van der Waals surface area contributed by atoms with Crippen LogP contribution in [0.2, 0.25) is 5.02 Å². The predicted molar refractivity (Wildman–Crippen MR) is 98.8 cm³/mol. The highest BCUT2D eigenvalue weighted by molar-refractivity contribution is 6.30. The van der Waals surface area contributed by atoms with E-state index in [9.17, 15) is 4.79 Å². The first kappa shape index (κ1) is 14.8. The van der Waals surface area contributed by atoms with Crippen LogP contribution in [-0.4, -0.2) is 6.03 Å². The minimum Gasteiger partial charge on any atom is -0.308 e. The molecule has 0 bridgehead atoms. The topological polar surface area (TPSA) is 41.1 Å². The number of halogens is 1. The normalized spacial score (nSPS) is 11.5. The fourth-order valence-corrected chi connectivity index (χ4v) is 3.18. The van der Waals surface area contributed by atoms with Crippen molar-refractivity contribution in [1.29, 1.82) is 0 Å². The summed E-state index contributed by atoms with van der Waals surface area (Å²) in [6, 6.07) is 21.2. The molecule has 1 aliphatic rings. The van der Waals surface area contributed by atoms with Crippen molar-refractivity contribution in [2.45, 2.75) is 6.42 Å². The van der Waals surface area contributed by atoms with E-state index in [0.29, 0.717) is 10.7 Å². The lowest BCUT2D eigenvalue weighted by atomic mass is 10.1. The van der Waals surface area contributed by atoms with Crippen LogP contribution in [0.15, 0.2) is 66.7 Å². The molecule has 0 aliphatic heterocycles. The molecule has 0 fully saturated rings. The third-order valence-electron chi connectivity index (χ3n) is 4.15. The Bertz CT molecular complexity index is 919. The summed E-state index contributed by atoms with van der Waals surface area (Å²) in [6.07, 6.45) is 0.903. The van der Waals surface area contributed by atoms with Crippen LogP contribution < -0.4 is 10.6 Å². The van der Waals surface area contributed by atoms with Gasteiger partial charge in [0.05, 0.1) is 0 Å². The number of hydrogen-bond donors (Lipinski definition) is 2. The second-order valence-electron chi connectivity index (χ2n) is 5.79. The summed E-state index contributed by atoms with van der Waals surface area (Å²) in [5.41, 5.74) is 6.58. The van der Waals surface area contributed by atoms with Gasteiger partial charge in [-0.25, -0.2) is 4.79 Å². The van der Waals surface area contributed by atoms with Crippen LogP contribution in [0.4, 0.5) is 16.2 Å². The van der Waals surface area contributed by atoms with E-state index in [1.807, 2.05) is 12.1 Å². The first-order valence-corrected chi connectivity index (χ1v) is 8.11. The van der Waals surface area contributed by atoms with Crippen molar-refractivity contribution < 1.29 is 4.79 Å². The zero-order valence-electron chi connectivity index (χ0n) is 12.8. The van der Waals surface area contributed by atoms with Crippen LogP contribution >= 0.6 is 11.6 Å². The minimum atomic E-state index is -0.271. The van der Waals surface area contributed by atoms with Gasteiger partial charge >= 0.3 is 6.03 Å². The molecule has 0 aromatic heterocycles. The van der Waals surface area contributed by atoms with E-state index in [0.717, 1.165) is 12.1 Å². The number of benzene rings is 3. The first-order valence-electron chi connectivity index (χ1n) is 7.74. The molecular weight excluding hydrogens is 320 g/mol. The van der Waals surface area contributed by atoms with Crippen LogP contribution in [0.3, 0.4) is 0 Å². The molecule has 0 atom stereocenters. The third kappa shape index (κ3) is 2.86. The van der Waals surface area contributed by atoms with Gasteiger partial charge in [-0.3, -0.25) is 0 Å². The van der Waals surface area contributed by atoms with Crippen LogP contribution in [-0.2, 0) is 6.42 Å². The fraction of sp³-hybridized carbons (Fsp3) is 0.0500. The molecule has 0 unspecified atom stereocenters. The van der Waals surface area contributed by atoms with Crippen LogP contribution in [0.25, 0.3) is 11.1 Å². The summed E-state index contributed by atoms with van der Waals surface area (Å²) in [6.45, 7) is 0. The van der Waals surface area contributed by atoms with Crippen molar-refractivity contribution in [2.75, 3.05) is 10.6 Å². The van der Waals surface area contributed by atoms with Crippen molar-refractivity contribution in [1.82, 2.24) is 0 Å². The number of fused-ring (bicyclic) bond motifs is 3. The maximum absolute atomic E-state index is 12.1. The maximum Gasteiger partial charge on any atom is 0.323 e. The van der Waals surface area contributed by atoms with E-state index in [-0.39, 0.29) is 6.03 Å². The van der Waals surface area contributed by atoms with E-state index in [2.05, 4.69) is 41.0 Å². The average molecular weight is 335 g/mol. The molecule has 3 aromatic carbocycles. The van der Waals surface area contributed by atoms with Gasteiger partial charge in [-0.1, -0.05) is 41.9 Å². The summed E-state index contributed by atoms with van der Waals surface area (Å²) in [5, 5.41) is 6.31. The number of nitrogens with one attached hydrogen (secondary N) is 2. The lowest BCUT2D eigenvalue weighted by Crippen LogP contribution is -2.19. The number of hydrogen-bond acceptors (Lipinski definition) is 1. The molecule has 2 N–H and O–H groups in total. The predicted octanol–water partition coefficient (Wildman–Crippen LogP) is 5.56. The van der Waals surface area contributed by atoms with Gasteiger partial charge in [0.1, 0.15) is 0 Å². The monoisotopic (exact) mass is 334 g/mol. The molecule has 3 nitrogen and oxygen atoms in total. The number of carbonyl (C=O) groups excluding carboxylic acids is 1. The van der Waals surface area contributed by atoms with E-state index < -0.39 is 0 Å². The van der Waals surface area contributed by atoms with Crippen molar-refractivity contribution in [2.24, 2.45) is 0 Å². The number of urea groups is 1. The molecule has 24 heavy (non-hydrogen) atoms. The van der Waals surface area contributed by atoms with Crippen LogP contribution in [0, 0.1) is 0 Å². The van der Waals surface area contributed by atoms with E-state index >= 15 is 0 Å². The quantitative estimate of drug-likeness (QED) is 0.495. The first-order chi connectivity index (χ1) is 11.7. The van der Waals surface area contributed by atoms with Crippen LogP contribution in [0.5, 0.6) is 0 Å². The molecule has 0 radical (unpaired) electrons. The Hall–Kier alpha value is -2.78. The third-order valence-corrected chi connectivity index (χ3v) is 4.41. The zero-order chi connectivity index (χ0) is 16.5. The Balaban J connectivity index is 1.49. The Morgan fingerprint density at radius 1 is 0.792 bits per heavy atom.